The highest BCUT2D eigenvalue weighted by atomic mass is 19.1. The first-order chi connectivity index (χ1) is 11.9. The molecule has 1 atom stereocenters. The Bertz CT molecular complexity index is 814. The molecule has 3 rings (SSSR count). The van der Waals surface area contributed by atoms with Crippen molar-refractivity contribution in [2.24, 2.45) is 5.92 Å². The van der Waals surface area contributed by atoms with E-state index in [4.69, 9.17) is 0 Å². The van der Waals surface area contributed by atoms with Crippen molar-refractivity contribution in [1.82, 2.24) is 20.1 Å². The van der Waals surface area contributed by atoms with Gasteiger partial charge in [0.05, 0.1) is 5.69 Å². The topological polar surface area (TPSA) is 97.1 Å². The second kappa shape index (κ2) is 6.62. The second-order valence-electron chi connectivity index (χ2n) is 6.47. The maximum atomic E-state index is 13.5. The molecule has 0 spiro atoms. The molecule has 25 heavy (non-hydrogen) atoms. The summed E-state index contributed by atoms with van der Waals surface area (Å²) < 4.78 is 14.9. The Labute approximate surface area is 143 Å². The Morgan fingerprint density at radius 1 is 1.36 bits per heavy atom. The summed E-state index contributed by atoms with van der Waals surface area (Å²) in [6.07, 6.45) is 1.55. The number of carbonyl (C=O) groups excluding carboxylic acids is 1. The van der Waals surface area contributed by atoms with Gasteiger partial charge in [0.2, 0.25) is 5.82 Å². The van der Waals surface area contributed by atoms with Gasteiger partial charge in [-0.3, -0.25) is 4.79 Å². The quantitative estimate of drug-likeness (QED) is 0.835. The van der Waals surface area contributed by atoms with E-state index in [0.29, 0.717) is 11.5 Å². The zero-order valence-electron chi connectivity index (χ0n) is 13.9. The number of carboxylic acid groups (broad SMARTS) is 1. The van der Waals surface area contributed by atoms with Crippen LogP contribution in [-0.2, 0) is 4.79 Å². The molecule has 0 saturated heterocycles. The van der Waals surface area contributed by atoms with E-state index in [0.717, 1.165) is 12.8 Å². The number of carbonyl (C=O) groups is 2. The van der Waals surface area contributed by atoms with Crippen molar-refractivity contribution in [3.8, 4) is 5.69 Å². The number of carboxylic acids is 1. The fourth-order valence-electron chi connectivity index (χ4n) is 2.61. The molecule has 1 heterocycles. The van der Waals surface area contributed by atoms with Crippen LogP contribution in [0.2, 0.25) is 0 Å². The van der Waals surface area contributed by atoms with Crippen molar-refractivity contribution in [3.63, 3.8) is 0 Å². The molecule has 1 aliphatic carbocycles. The van der Waals surface area contributed by atoms with Crippen LogP contribution in [0.25, 0.3) is 5.69 Å². The predicted molar refractivity (Wildman–Crippen MR) is 87.0 cm³/mol. The Balaban J connectivity index is 1.91. The lowest BCUT2D eigenvalue weighted by atomic mass is 10.2. The molecule has 2 aromatic rings. The van der Waals surface area contributed by atoms with Crippen LogP contribution in [0, 0.1) is 11.7 Å². The number of amides is 1. The van der Waals surface area contributed by atoms with Gasteiger partial charge in [0, 0.05) is 5.92 Å². The normalized spacial score (nSPS) is 15.2. The highest BCUT2D eigenvalue weighted by Crippen LogP contribution is 2.32. The predicted octanol–water partition coefficient (Wildman–Crippen LogP) is 2.12. The number of hydrogen-bond donors (Lipinski definition) is 2. The molecule has 1 aromatic heterocycles. The second-order valence-corrected chi connectivity index (χ2v) is 6.47. The number of aliphatic carboxylic acids is 1. The van der Waals surface area contributed by atoms with Gasteiger partial charge >= 0.3 is 5.97 Å². The number of hydrogen-bond acceptors (Lipinski definition) is 4. The summed E-state index contributed by atoms with van der Waals surface area (Å²) in [5, 5.41) is 15.9. The van der Waals surface area contributed by atoms with Crippen molar-refractivity contribution >= 4 is 11.9 Å². The van der Waals surface area contributed by atoms with Crippen molar-refractivity contribution in [2.45, 2.75) is 38.6 Å². The molecule has 1 aromatic carbocycles. The molecule has 0 aliphatic heterocycles. The standard InChI is InChI=1S/C17H19FN4O3/c1-9(2)15-20-14(16(23)19-13(17(24)25)10-6-7-10)21-22(15)12-5-3-4-11(18)8-12/h3-5,8-10,13H,6-7H2,1-2H3,(H,19,23)(H,24,25). The fraction of sp³-hybridized carbons (Fsp3) is 0.412. The van der Waals surface area contributed by atoms with Gasteiger partial charge in [-0.1, -0.05) is 19.9 Å². The third kappa shape index (κ3) is 3.67. The first-order valence-electron chi connectivity index (χ1n) is 8.13. The van der Waals surface area contributed by atoms with Crippen LogP contribution in [0.1, 0.15) is 49.1 Å². The molecule has 1 unspecified atom stereocenters. The van der Waals surface area contributed by atoms with Gasteiger partial charge in [-0.2, -0.15) is 0 Å². The lowest BCUT2D eigenvalue weighted by Gasteiger charge is -2.11. The SMILES string of the molecule is CC(C)c1nc(C(=O)NC(C(=O)O)C2CC2)nn1-c1cccc(F)c1. The van der Waals surface area contributed by atoms with Gasteiger partial charge < -0.3 is 10.4 Å². The van der Waals surface area contributed by atoms with E-state index in [1.165, 1.54) is 16.8 Å². The summed E-state index contributed by atoms with van der Waals surface area (Å²) in [7, 11) is 0. The van der Waals surface area contributed by atoms with Gasteiger partial charge in [-0.25, -0.2) is 18.9 Å². The molecule has 8 heteroatoms. The highest BCUT2D eigenvalue weighted by Gasteiger charge is 2.38. The zero-order valence-corrected chi connectivity index (χ0v) is 13.9. The smallest absolute Gasteiger partial charge is 0.326 e. The first-order valence-corrected chi connectivity index (χ1v) is 8.13. The molecule has 1 amide bonds. The van der Waals surface area contributed by atoms with Crippen LogP contribution in [0.3, 0.4) is 0 Å². The minimum atomic E-state index is -1.07. The molecule has 0 radical (unpaired) electrons. The lowest BCUT2D eigenvalue weighted by Crippen LogP contribution is -2.42. The Morgan fingerprint density at radius 3 is 2.64 bits per heavy atom. The summed E-state index contributed by atoms with van der Waals surface area (Å²) in [5.41, 5.74) is 0.451. The van der Waals surface area contributed by atoms with Gasteiger partial charge in [-0.05, 0) is 37.0 Å². The fourth-order valence-corrected chi connectivity index (χ4v) is 2.61. The maximum absolute atomic E-state index is 13.5. The van der Waals surface area contributed by atoms with Crippen molar-refractivity contribution in [2.75, 3.05) is 0 Å². The minimum Gasteiger partial charge on any atom is -0.480 e. The van der Waals surface area contributed by atoms with Crippen LogP contribution in [0.4, 0.5) is 4.39 Å². The summed E-state index contributed by atoms with van der Waals surface area (Å²) in [4.78, 5) is 27.9. The van der Waals surface area contributed by atoms with E-state index >= 15 is 0 Å². The highest BCUT2D eigenvalue weighted by molar-refractivity contribution is 5.93. The summed E-state index contributed by atoms with van der Waals surface area (Å²) >= 11 is 0. The van der Waals surface area contributed by atoms with Crippen LogP contribution in [0.15, 0.2) is 24.3 Å². The molecule has 7 nitrogen and oxygen atoms in total. The summed E-state index contributed by atoms with van der Waals surface area (Å²) in [6, 6.07) is 4.89. The number of rotatable bonds is 6. The van der Waals surface area contributed by atoms with Gasteiger partial charge in [-0.15, -0.1) is 5.10 Å². The summed E-state index contributed by atoms with van der Waals surface area (Å²) in [6.45, 7) is 3.76. The summed E-state index contributed by atoms with van der Waals surface area (Å²) in [5.74, 6) is -1.87. The molecule has 0 bridgehead atoms. The minimum absolute atomic E-state index is 0.0451. The Kier molecular flexibility index (Phi) is 4.52. The molecule has 1 saturated carbocycles. The van der Waals surface area contributed by atoms with Gasteiger partial charge in [0.15, 0.2) is 0 Å². The van der Waals surface area contributed by atoms with E-state index < -0.39 is 23.7 Å². The molecule has 1 fully saturated rings. The Morgan fingerprint density at radius 2 is 2.08 bits per heavy atom. The van der Waals surface area contributed by atoms with E-state index in [-0.39, 0.29) is 17.7 Å². The van der Waals surface area contributed by atoms with E-state index in [1.807, 2.05) is 13.8 Å². The molecule has 1 aliphatic rings. The molecular formula is C17H19FN4O3. The maximum Gasteiger partial charge on any atom is 0.326 e. The molecule has 132 valence electrons. The van der Waals surface area contributed by atoms with Crippen LogP contribution in [-0.4, -0.2) is 37.8 Å². The number of halogens is 1. The van der Waals surface area contributed by atoms with E-state index in [1.54, 1.807) is 12.1 Å². The number of aromatic nitrogens is 3. The molecule has 2 N–H and O–H groups in total. The monoisotopic (exact) mass is 346 g/mol. The van der Waals surface area contributed by atoms with Crippen molar-refractivity contribution in [3.05, 3.63) is 41.7 Å². The third-order valence-electron chi connectivity index (χ3n) is 4.05. The van der Waals surface area contributed by atoms with Crippen molar-refractivity contribution in [1.29, 1.82) is 0 Å². The van der Waals surface area contributed by atoms with Crippen LogP contribution >= 0.6 is 0 Å². The van der Waals surface area contributed by atoms with Crippen molar-refractivity contribution < 1.29 is 19.1 Å². The average Bonchev–Trinajstić information content (AvgIpc) is 3.28. The Hall–Kier alpha value is -2.77. The first kappa shape index (κ1) is 17.1. The number of benzene rings is 1. The van der Waals surface area contributed by atoms with Gasteiger partial charge in [0.1, 0.15) is 17.7 Å². The number of nitrogens with zero attached hydrogens (tertiary/aromatic N) is 3. The van der Waals surface area contributed by atoms with E-state index in [9.17, 15) is 19.1 Å². The van der Waals surface area contributed by atoms with Crippen LogP contribution in [0.5, 0.6) is 0 Å². The van der Waals surface area contributed by atoms with Gasteiger partial charge in [0.25, 0.3) is 5.91 Å². The van der Waals surface area contributed by atoms with Crippen LogP contribution < -0.4 is 5.32 Å². The van der Waals surface area contributed by atoms with E-state index in [2.05, 4.69) is 15.4 Å². The average molecular weight is 346 g/mol. The zero-order chi connectivity index (χ0) is 18.1. The molecular weight excluding hydrogens is 327 g/mol. The largest absolute Gasteiger partial charge is 0.480 e. The number of nitrogens with one attached hydrogen (secondary N) is 1. The third-order valence-corrected chi connectivity index (χ3v) is 4.05. The lowest BCUT2D eigenvalue weighted by molar-refractivity contribution is -0.139.